The average Bonchev–Trinajstić information content (AvgIpc) is 2.65. The van der Waals surface area contributed by atoms with Gasteiger partial charge in [0, 0.05) is 17.5 Å². The Morgan fingerprint density at radius 3 is 2.67 bits per heavy atom. The molecule has 2 aromatic rings. The number of ether oxygens (including phenoxy) is 1. The van der Waals surface area contributed by atoms with Gasteiger partial charge >= 0.3 is 0 Å². The summed E-state index contributed by atoms with van der Waals surface area (Å²) in [6.45, 7) is 5.32. The summed E-state index contributed by atoms with van der Waals surface area (Å²) in [5.41, 5.74) is 1.85. The van der Waals surface area contributed by atoms with Crippen molar-refractivity contribution in [1.29, 1.82) is 0 Å². The summed E-state index contributed by atoms with van der Waals surface area (Å²) in [5, 5.41) is 3.94. The van der Waals surface area contributed by atoms with Crippen LogP contribution in [0.2, 0.25) is 10.0 Å². The Labute approximate surface area is 170 Å². The van der Waals surface area contributed by atoms with Crippen molar-refractivity contribution >= 4 is 34.8 Å². The van der Waals surface area contributed by atoms with Crippen molar-refractivity contribution in [1.82, 2.24) is 4.90 Å². The molecule has 1 saturated heterocycles. The highest BCUT2D eigenvalue weighted by atomic mass is 35.5. The lowest BCUT2D eigenvalue weighted by Gasteiger charge is -2.31. The molecule has 0 aromatic heterocycles. The van der Waals surface area contributed by atoms with Crippen LogP contribution < -0.4 is 10.1 Å². The Balaban J connectivity index is 1.51. The smallest absolute Gasteiger partial charge is 0.227 e. The number of benzene rings is 2. The second-order valence-electron chi connectivity index (χ2n) is 6.74. The van der Waals surface area contributed by atoms with Crippen molar-refractivity contribution in [2.24, 2.45) is 5.92 Å². The van der Waals surface area contributed by atoms with Crippen LogP contribution in [0.5, 0.6) is 5.75 Å². The number of likely N-dealkylation sites (tertiary alicyclic amines) is 1. The first kappa shape index (κ1) is 20.0. The number of nitrogens with one attached hydrogen (secondary N) is 1. The molecule has 0 atom stereocenters. The maximum atomic E-state index is 12.5. The number of hydrogen-bond donors (Lipinski definition) is 1. The van der Waals surface area contributed by atoms with Crippen LogP contribution in [0.1, 0.15) is 25.3 Å². The van der Waals surface area contributed by atoms with Gasteiger partial charge in [0.05, 0.1) is 17.3 Å². The summed E-state index contributed by atoms with van der Waals surface area (Å²) in [7, 11) is 0. The van der Waals surface area contributed by atoms with Crippen LogP contribution in [0.4, 0.5) is 5.69 Å². The van der Waals surface area contributed by atoms with Crippen LogP contribution in [0.3, 0.4) is 0 Å². The predicted molar refractivity (Wildman–Crippen MR) is 111 cm³/mol. The lowest BCUT2D eigenvalue weighted by Crippen LogP contribution is -2.37. The summed E-state index contributed by atoms with van der Waals surface area (Å²) in [4.78, 5) is 14.9. The predicted octanol–water partition coefficient (Wildman–Crippen LogP) is 5.24. The van der Waals surface area contributed by atoms with Gasteiger partial charge in [0.15, 0.2) is 0 Å². The molecule has 3 rings (SSSR count). The van der Waals surface area contributed by atoms with E-state index in [9.17, 15) is 4.79 Å². The molecular weight excluding hydrogens is 383 g/mol. The minimum absolute atomic E-state index is 0.00255. The van der Waals surface area contributed by atoms with Gasteiger partial charge in [-0.1, -0.05) is 35.3 Å². The van der Waals surface area contributed by atoms with E-state index in [2.05, 4.69) is 22.3 Å². The number of nitrogens with zero attached hydrogens (tertiary/aromatic N) is 1. The van der Waals surface area contributed by atoms with Gasteiger partial charge in [-0.3, -0.25) is 9.69 Å². The van der Waals surface area contributed by atoms with Gasteiger partial charge in [-0.05, 0) is 68.8 Å². The fourth-order valence-corrected chi connectivity index (χ4v) is 3.79. The Morgan fingerprint density at radius 2 is 1.96 bits per heavy atom. The summed E-state index contributed by atoms with van der Waals surface area (Å²) in [6, 6.07) is 13.3. The van der Waals surface area contributed by atoms with Crippen LogP contribution in [-0.2, 0) is 11.3 Å². The van der Waals surface area contributed by atoms with Gasteiger partial charge in [-0.15, -0.1) is 0 Å². The largest absolute Gasteiger partial charge is 0.494 e. The number of anilines is 1. The quantitative estimate of drug-likeness (QED) is 0.712. The number of carbonyl (C=O) groups excluding carboxylic acids is 1. The van der Waals surface area contributed by atoms with Crippen LogP contribution in [0, 0.1) is 5.92 Å². The molecular formula is C21H24Cl2N2O2. The number of amides is 1. The van der Waals surface area contributed by atoms with E-state index in [4.69, 9.17) is 27.9 Å². The Kier molecular flexibility index (Phi) is 7.00. The minimum atomic E-state index is 0.00255. The third-order valence-corrected chi connectivity index (χ3v) is 5.31. The van der Waals surface area contributed by atoms with Crippen molar-refractivity contribution in [3.8, 4) is 5.75 Å². The summed E-state index contributed by atoms with van der Waals surface area (Å²) in [5.74, 6) is 0.934. The lowest BCUT2D eigenvalue weighted by atomic mass is 9.95. The first-order valence-electron chi connectivity index (χ1n) is 9.25. The normalized spacial score (nSPS) is 15.5. The molecule has 6 heteroatoms. The van der Waals surface area contributed by atoms with E-state index in [1.54, 1.807) is 18.2 Å². The van der Waals surface area contributed by atoms with Crippen molar-refractivity contribution in [2.75, 3.05) is 25.0 Å². The molecule has 144 valence electrons. The summed E-state index contributed by atoms with van der Waals surface area (Å²) >= 11 is 12.0. The molecule has 27 heavy (non-hydrogen) atoms. The van der Waals surface area contributed by atoms with Crippen LogP contribution >= 0.6 is 23.2 Å². The number of hydrogen-bond acceptors (Lipinski definition) is 3. The standard InChI is InChI=1S/C21H24Cl2N2O2/c1-2-27-18-5-3-4-15(12-18)14-25-10-8-16(9-11-25)21(26)24-20-7-6-17(22)13-19(20)23/h3-7,12-13,16H,2,8-11,14H2,1H3,(H,24,26). The van der Waals surface area contributed by atoms with E-state index in [0.717, 1.165) is 38.2 Å². The molecule has 0 unspecified atom stereocenters. The minimum Gasteiger partial charge on any atom is -0.494 e. The molecule has 1 aliphatic rings. The van der Waals surface area contributed by atoms with Gasteiger partial charge in [-0.25, -0.2) is 0 Å². The van der Waals surface area contributed by atoms with Gasteiger partial charge in [0.1, 0.15) is 5.75 Å². The van der Waals surface area contributed by atoms with E-state index >= 15 is 0 Å². The molecule has 0 aliphatic carbocycles. The second kappa shape index (κ2) is 9.45. The highest BCUT2D eigenvalue weighted by Crippen LogP contribution is 2.27. The van der Waals surface area contributed by atoms with E-state index < -0.39 is 0 Å². The van der Waals surface area contributed by atoms with E-state index in [-0.39, 0.29) is 11.8 Å². The third-order valence-electron chi connectivity index (χ3n) is 4.76. The zero-order valence-corrected chi connectivity index (χ0v) is 16.9. The molecule has 0 bridgehead atoms. The Bertz CT molecular complexity index is 790. The van der Waals surface area contributed by atoms with Crippen molar-refractivity contribution in [2.45, 2.75) is 26.3 Å². The van der Waals surface area contributed by atoms with Crippen molar-refractivity contribution in [3.05, 3.63) is 58.1 Å². The number of halogens is 2. The van der Waals surface area contributed by atoms with Crippen LogP contribution in [0.15, 0.2) is 42.5 Å². The molecule has 1 heterocycles. The molecule has 1 amide bonds. The second-order valence-corrected chi connectivity index (χ2v) is 7.59. The molecule has 0 saturated carbocycles. The van der Waals surface area contributed by atoms with Gasteiger partial charge in [-0.2, -0.15) is 0 Å². The fourth-order valence-electron chi connectivity index (χ4n) is 3.34. The first-order chi connectivity index (χ1) is 13.0. The number of piperidine rings is 1. The maximum Gasteiger partial charge on any atom is 0.227 e. The SMILES string of the molecule is CCOc1cccc(CN2CCC(C(=O)Nc3ccc(Cl)cc3Cl)CC2)c1. The summed E-state index contributed by atoms with van der Waals surface area (Å²) < 4.78 is 5.57. The van der Waals surface area contributed by atoms with Crippen molar-refractivity contribution in [3.63, 3.8) is 0 Å². The molecule has 1 N–H and O–H groups in total. The molecule has 0 spiro atoms. The monoisotopic (exact) mass is 406 g/mol. The Morgan fingerprint density at radius 1 is 1.19 bits per heavy atom. The van der Waals surface area contributed by atoms with Crippen LogP contribution in [-0.4, -0.2) is 30.5 Å². The molecule has 1 fully saturated rings. The molecule has 0 radical (unpaired) electrons. The average molecular weight is 407 g/mol. The highest BCUT2D eigenvalue weighted by molar-refractivity contribution is 6.36. The van der Waals surface area contributed by atoms with E-state index in [1.807, 2.05) is 19.1 Å². The number of carbonyl (C=O) groups is 1. The highest BCUT2D eigenvalue weighted by Gasteiger charge is 2.25. The zero-order valence-electron chi connectivity index (χ0n) is 15.4. The summed E-state index contributed by atoms with van der Waals surface area (Å²) in [6.07, 6.45) is 1.67. The molecule has 1 aliphatic heterocycles. The first-order valence-corrected chi connectivity index (χ1v) is 10.0. The number of rotatable bonds is 6. The fraction of sp³-hybridized carbons (Fsp3) is 0.381. The van der Waals surface area contributed by atoms with Gasteiger partial charge < -0.3 is 10.1 Å². The van der Waals surface area contributed by atoms with Gasteiger partial charge in [0.25, 0.3) is 0 Å². The third kappa shape index (κ3) is 5.61. The lowest BCUT2D eigenvalue weighted by molar-refractivity contribution is -0.121. The van der Waals surface area contributed by atoms with E-state index in [0.29, 0.717) is 22.3 Å². The van der Waals surface area contributed by atoms with Gasteiger partial charge in [0.2, 0.25) is 5.91 Å². The van der Waals surface area contributed by atoms with Crippen LogP contribution in [0.25, 0.3) is 0 Å². The zero-order chi connectivity index (χ0) is 19.2. The molecule has 2 aromatic carbocycles. The Hall–Kier alpha value is -1.75. The van der Waals surface area contributed by atoms with E-state index in [1.165, 1.54) is 5.56 Å². The topological polar surface area (TPSA) is 41.6 Å². The van der Waals surface area contributed by atoms with Crippen molar-refractivity contribution < 1.29 is 9.53 Å². The maximum absolute atomic E-state index is 12.5. The molecule has 4 nitrogen and oxygen atoms in total.